The van der Waals surface area contributed by atoms with E-state index in [0.29, 0.717) is 6.54 Å². The summed E-state index contributed by atoms with van der Waals surface area (Å²) in [6.45, 7) is 7.53. The molecule has 1 heterocycles. The van der Waals surface area contributed by atoms with E-state index < -0.39 is 0 Å². The standard InChI is InChI=1S/C20H34N4O2/c1-16-9-13-24(14-10-16)12-6-11-22-20(21-2)23-15-17-7-5-8-18(25-3)19(17)26-4/h5,7-8,16H,6,9-15H2,1-4H3,(H2,21,22,23). The maximum Gasteiger partial charge on any atom is 0.191 e. The van der Waals surface area contributed by atoms with Gasteiger partial charge in [-0.1, -0.05) is 19.1 Å². The number of benzene rings is 1. The fourth-order valence-electron chi connectivity index (χ4n) is 3.29. The van der Waals surface area contributed by atoms with Crippen molar-refractivity contribution in [1.29, 1.82) is 0 Å². The van der Waals surface area contributed by atoms with Gasteiger partial charge >= 0.3 is 0 Å². The third-order valence-corrected chi connectivity index (χ3v) is 4.97. The zero-order chi connectivity index (χ0) is 18.8. The molecule has 1 fully saturated rings. The van der Waals surface area contributed by atoms with E-state index >= 15 is 0 Å². The van der Waals surface area contributed by atoms with Crippen LogP contribution < -0.4 is 20.1 Å². The van der Waals surface area contributed by atoms with E-state index in [1.807, 2.05) is 18.2 Å². The van der Waals surface area contributed by atoms with Crippen LogP contribution in [-0.4, -0.2) is 58.3 Å². The Hall–Kier alpha value is -1.95. The molecule has 146 valence electrons. The molecule has 0 spiro atoms. The molecule has 6 nitrogen and oxygen atoms in total. The number of nitrogens with one attached hydrogen (secondary N) is 2. The number of rotatable bonds is 8. The summed E-state index contributed by atoms with van der Waals surface area (Å²) in [5, 5.41) is 6.74. The largest absolute Gasteiger partial charge is 0.493 e. The van der Waals surface area contributed by atoms with Gasteiger partial charge in [0.2, 0.25) is 0 Å². The van der Waals surface area contributed by atoms with Crippen molar-refractivity contribution in [2.24, 2.45) is 10.9 Å². The van der Waals surface area contributed by atoms with Crippen LogP contribution >= 0.6 is 0 Å². The van der Waals surface area contributed by atoms with Gasteiger partial charge in [-0.3, -0.25) is 4.99 Å². The van der Waals surface area contributed by atoms with Crippen molar-refractivity contribution in [3.8, 4) is 11.5 Å². The summed E-state index contributed by atoms with van der Waals surface area (Å²) in [4.78, 5) is 6.87. The maximum atomic E-state index is 5.48. The van der Waals surface area contributed by atoms with E-state index in [2.05, 4.69) is 27.4 Å². The monoisotopic (exact) mass is 362 g/mol. The summed E-state index contributed by atoms with van der Waals surface area (Å²) in [5.74, 6) is 3.20. The zero-order valence-corrected chi connectivity index (χ0v) is 16.7. The molecule has 1 saturated heterocycles. The van der Waals surface area contributed by atoms with Crippen molar-refractivity contribution in [2.75, 3.05) is 47.4 Å². The Labute approximate surface area is 158 Å². The van der Waals surface area contributed by atoms with Gasteiger partial charge in [0.25, 0.3) is 0 Å². The van der Waals surface area contributed by atoms with Crippen molar-refractivity contribution < 1.29 is 9.47 Å². The third-order valence-electron chi connectivity index (χ3n) is 4.97. The summed E-state index contributed by atoms with van der Waals surface area (Å²) in [6, 6.07) is 5.89. The molecule has 1 aliphatic heterocycles. The van der Waals surface area contributed by atoms with Crippen LogP contribution in [-0.2, 0) is 6.54 Å². The van der Waals surface area contributed by atoms with Crippen molar-refractivity contribution in [2.45, 2.75) is 32.7 Å². The molecule has 0 aliphatic carbocycles. The van der Waals surface area contributed by atoms with Gasteiger partial charge in [0.05, 0.1) is 14.2 Å². The second kappa shape index (κ2) is 10.9. The van der Waals surface area contributed by atoms with Crippen molar-refractivity contribution >= 4 is 5.96 Å². The van der Waals surface area contributed by atoms with Crippen LogP contribution in [0.15, 0.2) is 23.2 Å². The molecular weight excluding hydrogens is 328 g/mol. The number of hydrogen-bond donors (Lipinski definition) is 2. The van der Waals surface area contributed by atoms with E-state index in [0.717, 1.165) is 48.5 Å². The number of ether oxygens (including phenoxy) is 2. The van der Waals surface area contributed by atoms with Crippen LogP contribution in [0.4, 0.5) is 0 Å². The van der Waals surface area contributed by atoms with Crippen LogP contribution in [0.5, 0.6) is 11.5 Å². The first-order valence-corrected chi connectivity index (χ1v) is 9.54. The van der Waals surface area contributed by atoms with Gasteiger partial charge in [0.1, 0.15) is 0 Å². The van der Waals surface area contributed by atoms with Crippen LogP contribution in [0, 0.1) is 5.92 Å². The minimum absolute atomic E-state index is 0.629. The average molecular weight is 363 g/mol. The number of piperidine rings is 1. The number of likely N-dealkylation sites (tertiary alicyclic amines) is 1. The molecule has 0 amide bonds. The van der Waals surface area contributed by atoms with E-state index in [4.69, 9.17) is 9.47 Å². The Morgan fingerprint density at radius 1 is 1.19 bits per heavy atom. The van der Waals surface area contributed by atoms with Gasteiger partial charge in [0, 0.05) is 25.7 Å². The predicted octanol–water partition coefficient (Wildman–Crippen LogP) is 2.49. The first-order chi connectivity index (χ1) is 12.7. The van der Waals surface area contributed by atoms with Gasteiger partial charge in [-0.05, 0) is 50.9 Å². The number of aliphatic imine (C=N–C) groups is 1. The zero-order valence-electron chi connectivity index (χ0n) is 16.7. The van der Waals surface area contributed by atoms with Gasteiger partial charge in [-0.25, -0.2) is 0 Å². The highest BCUT2D eigenvalue weighted by atomic mass is 16.5. The lowest BCUT2D eigenvalue weighted by atomic mass is 9.99. The number of nitrogens with zero attached hydrogens (tertiary/aromatic N) is 2. The minimum atomic E-state index is 0.629. The topological polar surface area (TPSA) is 58.1 Å². The van der Waals surface area contributed by atoms with E-state index in [-0.39, 0.29) is 0 Å². The Kier molecular flexibility index (Phi) is 8.54. The third kappa shape index (κ3) is 6.09. The van der Waals surface area contributed by atoms with E-state index in [9.17, 15) is 0 Å². The lowest BCUT2D eigenvalue weighted by Crippen LogP contribution is -2.39. The van der Waals surface area contributed by atoms with Crippen molar-refractivity contribution in [3.05, 3.63) is 23.8 Å². The summed E-state index contributed by atoms with van der Waals surface area (Å²) >= 11 is 0. The molecule has 0 radical (unpaired) electrons. The molecule has 2 N–H and O–H groups in total. The highest BCUT2D eigenvalue weighted by molar-refractivity contribution is 5.79. The highest BCUT2D eigenvalue weighted by Crippen LogP contribution is 2.30. The van der Waals surface area contributed by atoms with Gasteiger partial charge < -0.3 is 25.0 Å². The molecule has 0 saturated carbocycles. The molecule has 1 aromatic rings. The first-order valence-electron chi connectivity index (χ1n) is 9.54. The Morgan fingerprint density at radius 2 is 1.96 bits per heavy atom. The van der Waals surface area contributed by atoms with Crippen LogP contribution in [0.25, 0.3) is 0 Å². The summed E-state index contributed by atoms with van der Waals surface area (Å²) in [5.41, 5.74) is 1.04. The lowest BCUT2D eigenvalue weighted by molar-refractivity contribution is 0.191. The normalized spacial score (nSPS) is 16.4. The summed E-state index contributed by atoms with van der Waals surface area (Å²) in [7, 11) is 5.11. The van der Waals surface area contributed by atoms with E-state index in [1.54, 1.807) is 21.3 Å². The lowest BCUT2D eigenvalue weighted by Gasteiger charge is -2.30. The number of para-hydroxylation sites is 1. The van der Waals surface area contributed by atoms with Crippen LogP contribution in [0.2, 0.25) is 0 Å². The van der Waals surface area contributed by atoms with Crippen molar-refractivity contribution in [1.82, 2.24) is 15.5 Å². The predicted molar refractivity (Wildman–Crippen MR) is 107 cm³/mol. The molecule has 0 atom stereocenters. The molecular formula is C20H34N4O2. The Morgan fingerprint density at radius 3 is 2.62 bits per heavy atom. The van der Waals surface area contributed by atoms with Crippen LogP contribution in [0.3, 0.4) is 0 Å². The molecule has 0 aromatic heterocycles. The fraction of sp³-hybridized carbons (Fsp3) is 0.650. The number of guanidine groups is 1. The molecule has 1 aromatic carbocycles. The molecule has 2 rings (SSSR count). The van der Waals surface area contributed by atoms with Gasteiger partial charge in [-0.2, -0.15) is 0 Å². The molecule has 6 heteroatoms. The molecule has 26 heavy (non-hydrogen) atoms. The second-order valence-corrected chi connectivity index (χ2v) is 6.88. The quantitative estimate of drug-likeness (QED) is 0.423. The molecule has 0 bridgehead atoms. The first kappa shape index (κ1) is 20.4. The summed E-state index contributed by atoms with van der Waals surface area (Å²) < 4.78 is 10.8. The number of hydrogen-bond acceptors (Lipinski definition) is 4. The highest BCUT2D eigenvalue weighted by Gasteiger charge is 2.15. The van der Waals surface area contributed by atoms with Crippen molar-refractivity contribution in [3.63, 3.8) is 0 Å². The minimum Gasteiger partial charge on any atom is -0.493 e. The summed E-state index contributed by atoms with van der Waals surface area (Å²) in [6.07, 6.45) is 3.79. The smallest absolute Gasteiger partial charge is 0.191 e. The molecule has 1 aliphatic rings. The second-order valence-electron chi connectivity index (χ2n) is 6.88. The Balaban J connectivity index is 1.73. The molecule has 0 unspecified atom stereocenters. The van der Waals surface area contributed by atoms with E-state index in [1.165, 1.54) is 25.9 Å². The number of methoxy groups -OCH3 is 2. The Bertz CT molecular complexity index is 569. The maximum absolute atomic E-state index is 5.48. The SMILES string of the molecule is CN=C(NCCCN1CCC(C)CC1)NCc1cccc(OC)c1OC. The van der Waals surface area contributed by atoms with Gasteiger partial charge in [0.15, 0.2) is 17.5 Å². The average Bonchev–Trinajstić information content (AvgIpc) is 2.68. The van der Waals surface area contributed by atoms with Crippen LogP contribution in [0.1, 0.15) is 31.7 Å². The van der Waals surface area contributed by atoms with Gasteiger partial charge in [-0.15, -0.1) is 0 Å². The fourth-order valence-corrected chi connectivity index (χ4v) is 3.29.